The summed E-state index contributed by atoms with van der Waals surface area (Å²) in [7, 11) is -1.76. The first-order valence-electron chi connectivity index (χ1n) is 9.90. The molecule has 7 nitrogen and oxygen atoms in total. The Morgan fingerprint density at radius 1 is 1.03 bits per heavy atom. The lowest BCUT2D eigenvalue weighted by atomic mass is 9.92. The van der Waals surface area contributed by atoms with Gasteiger partial charge in [0.15, 0.2) is 0 Å². The van der Waals surface area contributed by atoms with Crippen molar-refractivity contribution < 1.29 is 13.2 Å². The Labute approximate surface area is 176 Å². The van der Waals surface area contributed by atoms with E-state index in [0.29, 0.717) is 36.4 Å². The molecule has 1 fully saturated rings. The van der Waals surface area contributed by atoms with Gasteiger partial charge in [0, 0.05) is 31.7 Å². The van der Waals surface area contributed by atoms with Gasteiger partial charge >= 0.3 is 0 Å². The summed E-state index contributed by atoms with van der Waals surface area (Å²) in [6.07, 6.45) is 2.82. The summed E-state index contributed by atoms with van der Waals surface area (Å²) in [5.74, 6) is -0.0814. The van der Waals surface area contributed by atoms with E-state index < -0.39 is 10.0 Å². The van der Waals surface area contributed by atoms with Crippen molar-refractivity contribution in [1.29, 1.82) is 0 Å². The molecular weight excluding hydrogens is 400 g/mol. The predicted molar refractivity (Wildman–Crippen MR) is 115 cm³/mol. The van der Waals surface area contributed by atoms with Crippen LogP contribution >= 0.6 is 0 Å². The first-order chi connectivity index (χ1) is 14.5. The maximum Gasteiger partial charge on any atom is 0.261 e. The number of aromatic amines is 1. The molecule has 1 aromatic heterocycles. The topological polar surface area (TPSA) is 86.4 Å². The molecule has 0 saturated carbocycles. The number of rotatable bonds is 5. The van der Waals surface area contributed by atoms with E-state index in [1.807, 2.05) is 30.3 Å². The molecule has 0 aliphatic carbocycles. The Kier molecular flexibility index (Phi) is 5.69. The minimum absolute atomic E-state index is 0.0536. The molecule has 1 N–H and O–H groups in total. The van der Waals surface area contributed by atoms with Crippen molar-refractivity contribution >= 4 is 21.6 Å². The molecule has 30 heavy (non-hydrogen) atoms. The van der Waals surface area contributed by atoms with Gasteiger partial charge in [0.05, 0.1) is 22.3 Å². The van der Waals surface area contributed by atoms with Crippen LogP contribution in [-0.4, -0.2) is 49.0 Å². The van der Waals surface area contributed by atoms with Gasteiger partial charge in [-0.2, -0.15) is 9.40 Å². The maximum atomic E-state index is 13.0. The number of aromatic nitrogens is 2. The molecule has 0 radical (unpaired) electrons. The van der Waals surface area contributed by atoms with E-state index in [1.165, 1.54) is 4.31 Å². The number of anilines is 1. The number of carbonyl (C=O) groups excluding carboxylic acids is 1. The maximum absolute atomic E-state index is 13.0. The van der Waals surface area contributed by atoms with E-state index in [2.05, 4.69) is 10.2 Å². The lowest BCUT2D eigenvalue weighted by Crippen LogP contribution is -2.38. The summed E-state index contributed by atoms with van der Waals surface area (Å²) in [4.78, 5) is 14.9. The van der Waals surface area contributed by atoms with Gasteiger partial charge in [-0.05, 0) is 37.1 Å². The van der Waals surface area contributed by atoms with Crippen LogP contribution < -0.4 is 4.90 Å². The smallest absolute Gasteiger partial charge is 0.261 e. The molecule has 2 heterocycles. The van der Waals surface area contributed by atoms with Crippen molar-refractivity contribution in [2.24, 2.45) is 0 Å². The molecule has 0 spiro atoms. The fraction of sp³-hybridized carbons (Fsp3) is 0.273. The van der Waals surface area contributed by atoms with E-state index in [-0.39, 0.29) is 11.8 Å². The van der Waals surface area contributed by atoms with E-state index in [9.17, 15) is 13.2 Å². The number of sulfonamides is 1. The molecule has 156 valence electrons. The van der Waals surface area contributed by atoms with Crippen LogP contribution in [0.1, 0.15) is 34.8 Å². The molecule has 0 unspecified atom stereocenters. The molecule has 8 heteroatoms. The van der Waals surface area contributed by atoms with Gasteiger partial charge in [-0.15, -0.1) is 0 Å². The third-order valence-corrected chi connectivity index (χ3v) is 7.50. The van der Waals surface area contributed by atoms with Gasteiger partial charge in [0.25, 0.3) is 5.91 Å². The van der Waals surface area contributed by atoms with E-state index in [0.717, 1.165) is 11.4 Å². The van der Waals surface area contributed by atoms with Crippen LogP contribution in [-0.2, 0) is 10.0 Å². The third-order valence-electron chi connectivity index (χ3n) is 5.59. The average molecular weight is 425 g/mol. The Hall–Kier alpha value is -2.97. The highest BCUT2D eigenvalue weighted by molar-refractivity contribution is 7.89. The van der Waals surface area contributed by atoms with Crippen molar-refractivity contribution in [1.82, 2.24) is 14.5 Å². The van der Waals surface area contributed by atoms with Crippen molar-refractivity contribution in [3.05, 3.63) is 78.1 Å². The van der Waals surface area contributed by atoms with Crippen LogP contribution in [0.2, 0.25) is 0 Å². The minimum atomic E-state index is -3.50. The highest BCUT2D eigenvalue weighted by Crippen LogP contribution is 2.32. The van der Waals surface area contributed by atoms with E-state index >= 15 is 0 Å². The number of piperidine rings is 1. The summed E-state index contributed by atoms with van der Waals surface area (Å²) >= 11 is 0. The Morgan fingerprint density at radius 2 is 1.63 bits per heavy atom. The van der Waals surface area contributed by atoms with Crippen LogP contribution in [0.4, 0.5) is 5.69 Å². The lowest BCUT2D eigenvalue weighted by Gasteiger charge is -2.31. The zero-order valence-corrected chi connectivity index (χ0v) is 17.5. The Balaban J connectivity index is 1.48. The summed E-state index contributed by atoms with van der Waals surface area (Å²) in [6.45, 7) is 0.812. The van der Waals surface area contributed by atoms with Gasteiger partial charge in [-0.25, -0.2) is 8.42 Å². The lowest BCUT2D eigenvalue weighted by molar-refractivity contribution is 0.0991. The number of amides is 1. The van der Waals surface area contributed by atoms with Gasteiger partial charge in [-0.1, -0.05) is 36.4 Å². The number of carbonyl (C=O) groups is 1. The number of para-hydroxylation sites is 1. The van der Waals surface area contributed by atoms with Crippen molar-refractivity contribution in [3.8, 4) is 0 Å². The van der Waals surface area contributed by atoms with Crippen molar-refractivity contribution in [3.63, 3.8) is 0 Å². The predicted octanol–water partition coefficient (Wildman–Crippen LogP) is 3.25. The number of benzene rings is 2. The minimum Gasteiger partial charge on any atom is -0.311 e. The van der Waals surface area contributed by atoms with Gasteiger partial charge in [0.2, 0.25) is 10.0 Å². The fourth-order valence-corrected chi connectivity index (χ4v) is 5.34. The third kappa shape index (κ3) is 3.88. The second kappa shape index (κ2) is 8.41. The number of H-pyrrole nitrogens is 1. The van der Waals surface area contributed by atoms with Crippen LogP contribution in [0, 0.1) is 0 Å². The number of hydrogen-bond acceptors (Lipinski definition) is 4. The molecule has 3 aromatic rings. The first kappa shape index (κ1) is 20.3. The summed E-state index contributed by atoms with van der Waals surface area (Å²) in [5.41, 5.74) is 2.11. The highest BCUT2D eigenvalue weighted by atomic mass is 32.2. The molecule has 0 atom stereocenters. The van der Waals surface area contributed by atoms with Crippen LogP contribution in [0.5, 0.6) is 0 Å². The Morgan fingerprint density at radius 3 is 2.27 bits per heavy atom. The van der Waals surface area contributed by atoms with Gasteiger partial charge < -0.3 is 4.90 Å². The first-order valence-corrected chi connectivity index (χ1v) is 11.3. The molecule has 1 aliphatic rings. The zero-order chi connectivity index (χ0) is 21.1. The summed E-state index contributed by atoms with van der Waals surface area (Å²) in [5, 5.41) is 7.09. The molecule has 1 amide bonds. The molecule has 1 saturated heterocycles. The van der Waals surface area contributed by atoms with Crippen molar-refractivity contribution in [2.75, 3.05) is 25.0 Å². The second-order valence-electron chi connectivity index (χ2n) is 7.39. The van der Waals surface area contributed by atoms with E-state index in [1.54, 1.807) is 48.5 Å². The summed E-state index contributed by atoms with van der Waals surface area (Å²) in [6, 6.07) is 17.9. The van der Waals surface area contributed by atoms with E-state index in [4.69, 9.17) is 0 Å². The normalized spacial score (nSPS) is 15.8. The molecular formula is C22H24N4O3S. The molecule has 0 bridgehead atoms. The number of nitrogens with one attached hydrogen (secondary N) is 1. The van der Waals surface area contributed by atoms with Crippen LogP contribution in [0.25, 0.3) is 0 Å². The largest absolute Gasteiger partial charge is 0.311 e. The molecule has 2 aromatic carbocycles. The summed E-state index contributed by atoms with van der Waals surface area (Å²) < 4.78 is 27.2. The number of nitrogens with zero attached hydrogens (tertiary/aromatic N) is 3. The van der Waals surface area contributed by atoms with Crippen molar-refractivity contribution in [2.45, 2.75) is 23.7 Å². The second-order valence-corrected chi connectivity index (χ2v) is 9.33. The Bertz CT molecular complexity index is 1110. The molecule has 1 aliphatic heterocycles. The number of hydrogen-bond donors (Lipinski definition) is 1. The average Bonchev–Trinajstić information content (AvgIpc) is 3.29. The SMILES string of the molecule is CN(C(=O)c1cn[nH]c1C1CCN(S(=O)(=O)c2ccccc2)CC1)c1ccccc1. The zero-order valence-electron chi connectivity index (χ0n) is 16.7. The van der Waals surface area contributed by atoms with Crippen LogP contribution in [0.15, 0.2) is 71.8 Å². The quantitative estimate of drug-likeness (QED) is 0.681. The fourth-order valence-electron chi connectivity index (χ4n) is 3.85. The standard InChI is InChI=1S/C22H24N4O3S/c1-25(18-8-4-2-5-9-18)22(27)20-16-23-24-21(20)17-12-14-26(15-13-17)30(28,29)19-10-6-3-7-11-19/h2-11,16-17H,12-15H2,1H3,(H,23,24). The van der Waals surface area contributed by atoms with Gasteiger partial charge in [-0.3, -0.25) is 9.89 Å². The van der Waals surface area contributed by atoms with Crippen LogP contribution in [0.3, 0.4) is 0 Å². The van der Waals surface area contributed by atoms with Gasteiger partial charge in [0.1, 0.15) is 0 Å². The highest BCUT2D eigenvalue weighted by Gasteiger charge is 2.32. The molecule has 4 rings (SSSR count). The monoisotopic (exact) mass is 424 g/mol.